The summed E-state index contributed by atoms with van der Waals surface area (Å²) in [6, 6.07) is 0. The summed E-state index contributed by atoms with van der Waals surface area (Å²) in [5.74, 6) is -1.25. The van der Waals surface area contributed by atoms with Crippen molar-refractivity contribution in [3.8, 4) is 0 Å². The molecule has 0 spiro atoms. The van der Waals surface area contributed by atoms with Gasteiger partial charge in [-0.3, -0.25) is 14.4 Å². The molecule has 0 aromatic rings. The number of ether oxygens (including phenoxy) is 2. The van der Waals surface area contributed by atoms with Gasteiger partial charge in [-0.15, -0.1) is 0 Å². The Balaban J connectivity index is 2.17. The maximum atomic E-state index is 11.4. The fraction of sp³-hybridized carbons (Fsp3) is 0.769. The van der Waals surface area contributed by atoms with Crippen LogP contribution in [0.25, 0.3) is 0 Å². The number of nitrogens with one attached hydrogen (secondary N) is 1. The van der Waals surface area contributed by atoms with Crippen LogP contribution in [0, 0.1) is 5.92 Å². The molecular formula is C13H21NO5. The molecular weight excluding hydrogens is 250 g/mol. The molecule has 19 heavy (non-hydrogen) atoms. The van der Waals surface area contributed by atoms with Crippen molar-refractivity contribution < 1.29 is 23.9 Å². The van der Waals surface area contributed by atoms with Crippen molar-refractivity contribution in [1.29, 1.82) is 0 Å². The van der Waals surface area contributed by atoms with E-state index in [0.717, 1.165) is 0 Å². The zero-order valence-electron chi connectivity index (χ0n) is 11.7. The lowest BCUT2D eigenvalue weighted by Crippen LogP contribution is -2.25. The standard InChI is InChI=1S/C13H21NO5/c1-13(2,3)19-11(16)5-4-10(15)18-8-9-6-7-14-12(9)17/h9H,4-8H2,1-3H3,(H,14,17). The Labute approximate surface area is 112 Å². The number of esters is 2. The van der Waals surface area contributed by atoms with Gasteiger partial charge in [0.05, 0.1) is 18.8 Å². The molecule has 1 saturated heterocycles. The Kier molecular flexibility index (Phi) is 5.32. The largest absolute Gasteiger partial charge is 0.465 e. The molecule has 0 saturated carbocycles. The van der Waals surface area contributed by atoms with Crippen molar-refractivity contribution in [3.05, 3.63) is 0 Å². The Morgan fingerprint density at radius 3 is 2.42 bits per heavy atom. The SMILES string of the molecule is CC(C)(C)OC(=O)CCC(=O)OCC1CCNC1=O. The van der Waals surface area contributed by atoms with E-state index >= 15 is 0 Å². The van der Waals surface area contributed by atoms with Gasteiger partial charge in [-0.2, -0.15) is 0 Å². The molecule has 0 radical (unpaired) electrons. The third kappa shape index (κ3) is 6.22. The van der Waals surface area contributed by atoms with Crippen LogP contribution >= 0.6 is 0 Å². The molecule has 1 atom stereocenters. The van der Waals surface area contributed by atoms with E-state index in [4.69, 9.17) is 9.47 Å². The van der Waals surface area contributed by atoms with Crippen molar-refractivity contribution in [3.63, 3.8) is 0 Å². The lowest BCUT2D eigenvalue weighted by Gasteiger charge is -2.19. The van der Waals surface area contributed by atoms with Crippen molar-refractivity contribution >= 4 is 17.8 Å². The molecule has 6 nitrogen and oxygen atoms in total. The molecule has 1 heterocycles. The van der Waals surface area contributed by atoms with Gasteiger partial charge >= 0.3 is 11.9 Å². The quantitative estimate of drug-likeness (QED) is 0.747. The van der Waals surface area contributed by atoms with E-state index in [1.54, 1.807) is 20.8 Å². The van der Waals surface area contributed by atoms with Crippen LogP contribution in [0.2, 0.25) is 0 Å². The number of carbonyl (C=O) groups is 3. The predicted octanol–water partition coefficient (Wildman–Crippen LogP) is 0.788. The van der Waals surface area contributed by atoms with E-state index in [1.165, 1.54) is 0 Å². The lowest BCUT2D eigenvalue weighted by atomic mass is 10.1. The van der Waals surface area contributed by atoms with Gasteiger partial charge in [0, 0.05) is 6.54 Å². The molecule has 0 aliphatic carbocycles. The first-order chi connectivity index (χ1) is 8.78. The van der Waals surface area contributed by atoms with Crippen LogP contribution < -0.4 is 5.32 Å². The summed E-state index contributed by atoms with van der Waals surface area (Å²) in [5.41, 5.74) is -0.553. The van der Waals surface area contributed by atoms with Crippen LogP contribution in [0.15, 0.2) is 0 Å². The van der Waals surface area contributed by atoms with Crippen molar-refractivity contribution in [2.45, 2.75) is 45.6 Å². The molecule has 0 aromatic heterocycles. The van der Waals surface area contributed by atoms with E-state index in [-0.39, 0.29) is 31.3 Å². The molecule has 1 N–H and O–H groups in total. The van der Waals surface area contributed by atoms with Gasteiger partial charge in [0.25, 0.3) is 0 Å². The summed E-state index contributed by atoms with van der Waals surface area (Å²) >= 11 is 0. The second kappa shape index (κ2) is 6.54. The van der Waals surface area contributed by atoms with E-state index in [9.17, 15) is 14.4 Å². The second-order valence-corrected chi connectivity index (χ2v) is 5.55. The van der Waals surface area contributed by atoms with E-state index in [2.05, 4.69) is 5.32 Å². The number of hydrogen-bond acceptors (Lipinski definition) is 5. The Morgan fingerprint density at radius 1 is 1.26 bits per heavy atom. The first kappa shape index (κ1) is 15.5. The first-order valence-electron chi connectivity index (χ1n) is 6.43. The topological polar surface area (TPSA) is 81.7 Å². The van der Waals surface area contributed by atoms with Gasteiger partial charge in [-0.1, -0.05) is 0 Å². The minimum atomic E-state index is -0.553. The molecule has 1 unspecified atom stereocenters. The maximum Gasteiger partial charge on any atom is 0.306 e. The highest BCUT2D eigenvalue weighted by Gasteiger charge is 2.25. The van der Waals surface area contributed by atoms with E-state index < -0.39 is 17.5 Å². The van der Waals surface area contributed by atoms with E-state index in [1.807, 2.05) is 0 Å². The lowest BCUT2D eigenvalue weighted by molar-refractivity contribution is -0.158. The van der Waals surface area contributed by atoms with Gasteiger partial charge < -0.3 is 14.8 Å². The molecule has 108 valence electrons. The summed E-state index contributed by atoms with van der Waals surface area (Å²) in [6.45, 7) is 6.00. The minimum absolute atomic E-state index is 0.00698. The molecule has 0 aromatic carbocycles. The van der Waals surface area contributed by atoms with Crippen molar-refractivity contribution in [2.24, 2.45) is 5.92 Å². The average molecular weight is 271 g/mol. The fourth-order valence-electron chi connectivity index (χ4n) is 1.67. The highest BCUT2D eigenvalue weighted by molar-refractivity contribution is 5.81. The molecule has 1 amide bonds. The fourth-order valence-corrected chi connectivity index (χ4v) is 1.67. The number of amides is 1. The third-order valence-electron chi connectivity index (χ3n) is 2.56. The smallest absolute Gasteiger partial charge is 0.306 e. The average Bonchev–Trinajstić information content (AvgIpc) is 2.67. The Morgan fingerprint density at radius 2 is 1.89 bits per heavy atom. The summed E-state index contributed by atoms with van der Waals surface area (Å²) in [7, 11) is 0. The Bertz CT molecular complexity index is 359. The molecule has 1 aliphatic heterocycles. The zero-order chi connectivity index (χ0) is 14.5. The van der Waals surface area contributed by atoms with Crippen molar-refractivity contribution in [1.82, 2.24) is 5.32 Å². The number of carbonyl (C=O) groups excluding carboxylic acids is 3. The summed E-state index contributed by atoms with van der Waals surface area (Å²) in [4.78, 5) is 34.0. The van der Waals surface area contributed by atoms with Crippen LogP contribution in [0.5, 0.6) is 0 Å². The minimum Gasteiger partial charge on any atom is -0.465 e. The van der Waals surface area contributed by atoms with Gasteiger partial charge in [0.15, 0.2) is 0 Å². The van der Waals surface area contributed by atoms with Crippen LogP contribution in [-0.4, -0.2) is 36.6 Å². The molecule has 1 fully saturated rings. The number of rotatable bonds is 5. The molecule has 0 bridgehead atoms. The highest BCUT2D eigenvalue weighted by atomic mass is 16.6. The monoisotopic (exact) mass is 271 g/mol. The van der Waals surface area contributed by atoms with Gasteiger partial charge in [-0.25, -0.2) is 0 Å². The van der Waals surface area contributed by atoms with Gasteiger partial charge in [-0.05, 0) is 27.2 Å². The van der Waals surface area contributed by atoms with Crippen molar-refractivity contribution in [2.75, 3.05) is 13.2 Å². The Hall–Kier alpha value is -1.59. The molecule has 1 aliphatic rings. The molecule has 6 heteroatoms. The third-order valence-corrected chi connectivity index (χ3v) is 2.56. The maximum absolute atomic E-state index is 11.4. The van der Waals surface area contributed by atoms with Gasteiger partial charge in [0.2, 0.25) is 5.91 Å². The van der Waals surface area contributed by atoms with Crippen LogP contribution in [-0.2, 0) is 23.9 Å². The second-order valence-electron chi connectivity index (χ2n) is 5.55. The summed E-state index contributed by atoms with van der Waals surface area (Å²) < 4.78 is 10.0. The van der Waals surface area contributed by atoms with Gasteiger partial charge in [0.1, 0.15) is 12.2 Å². The zero-order valence-corrected chi connectivity index (χ0v) is 11.7. The summed E-state index contributed by atoms with van der Waals surface area (Å²) in [5, 5.41) is 2.66. The molecule has 1 rings (SSSR count). The van der Waals surface area contributed by atoms with Crippen LogP contribution in [0.1, 0.15) is 40.0 Å². The van der Waals surface area contributed by atoms with Crippen LogP contribution in [0.3, 0.4) is 0 Å². The predicted molar refractivity (Wildman–Crippen MR) is 67.2 cm³/mol. The highest BCUT2D eigenvalue weighted by Crippen LogP contribution is 2.11. The first-order valence-corrected chi connectivity index (χ1v) is 6.43. The number of hydrogen-bond donors (Lipinski definition) is 1. The van der Waals surface area contributed by atoms with Crippen LogP contribution in [0.4, 0.5) is 0 Å². The summed E-state index contributed by atoms with van der Waals surface area (Å²) in [6.07, 6.45) is 0.647. The van der Waals surface area contributed by atoms with E-state index in [0.29, 0.717) is 13.0 Å². The normalized spacial score (nSPS) is 18.9.